The van der Waals surface area contributed by atoms with Crippen molar-refractivity contribution in [3.05, 3.63) is 28.8 Å². The molecule has 1 aliphatic rings. The predicted molar refractivity (Wildman–Crippen MR) is 71.6 cm³/mol. The third-order valence-corrected chi connectivity index (χ3v) is 3.53. The van der Waals surface area contributed by atoms with Crippen molar-refractivity contribution in [2.24, 2.45) is 0 Å². The average Bonchev–Trinajstić information content (AvgIpc) is 2.39. The van der Waals surface area contributed by atoms with Crippen molar-refractivity contribution in [3.63, 3.8) is 0 Å². The van der Waals surface area contributed by atoms with E-state index in [1.165, 1.54) is 0 Å². The molecule has 1 aromatic rings. The molecule has 0 saturated carbocycles. The highest BCUT2D eigenvalue weighted by molar-refractivity contribution is 6.33. The van der Waals surface area contributed by atoms with Crippen LogP contribution in [-0.4, -0.2) is 26.3 Å². The van der Waals surface area contributed by atoms with Crippen LogP contribution in [0, 0.1) is 12.3 Å². The Morgan fingerprint density at radius 3 is 2.65 bits per heavy atom. The lowest BCUT2D eigenvalue weighted by molar-refractivity contribution is 0.0819. The van der Waals surface area contributed by atoms with Crippen LogP contribution in [-0.2, 0) is 4.74 Å². The van der Waals surface area contributed by atoms with Crippen LogP contribution in [0.3, 0.4) is 0 Å². The summed E-state index contributed by atoms with van der Waals surface area (Å²) in [5.41, 5.74) is 1.89. The molecule has 1 fully saturated rings. The van der Waals surface area contributed by atoms with Gasteiger partial charge >= 0.3 is 0 Å². The summed E-state index contributed by atoms with van der Waals surface area (Å²) in [4.78, 5) is 2.29. The van der Waals surface area contributed by atoms with Crippen molar-refractivity contribution >= 4 is 17.3 Å². The molecule has 2 rings (SSSR count). The van der Waals surface area contributed by atoms with Crippen LogP contribution >= 0.6 is 11.6 Å². The summed E-state index contributed by atoms with van der Waals surface area (Å²) < 4.78 is 5.36. The molecule has 3 heteroatoms. The lowest BCUT2D eigenvalue weighted by Gasteiger charge is -2.33. The Labute approximate surface area is 108 Å². The average molecular weight is 250 g/mol. The molecule has 0 unspecified atom stereocenters. The van der Waals surface area contributed by atoms with Gasteiger partial charge in [-0.25, -0.2) is 0 Å². The summed E-state index contributed by atoms with van der Waals surface area (Å²) in [5, 5.41) is 0.733. The highest BCUT2D eigenvalue weighted by atomic mass is 35.5. The van der Waals surface area contributed by atoms with Crippen molar-refractivity contribution in [2.75, 3.05) is 25.1 Å². The molecule has 0 aromatic heterocycles. The van der Waals surface area contributed by atoms with E-state index in [2.05, 4.69) is 10.8 Å². The van der Waals surface area contributed by atoms with Gasteiger partial charge in [0.25, 0.3) is 0 Å². The van der Waals surface area contributed by atoms with Gasteiger partial charge in [-0.2, -0.15) is 0 Å². The van der Waals surface area contributed by atoms with E-state index >= 15 is 0 Å². The second-order valence-corrected chi connectivity index (χ2v) is 4.64. The van der Waals surface area contributed by atoms with Gasteiger partial charge in [0.2, 0.25) is 0 Å². The largest absolute Gasteiger partial charge is 0.381 e. The van der Waals surface area contributed by atoms with Crippen LogP contribution in [0.1, 0.15) is 18.4 Å². The Morgan fingerprint density at radius 1 is 1.41 bits per heavy atom. The first-order valence-electron chi connectivity index (χ1n) is 5.78. The maximum absolute atomic E-state index is 6.24. The molecule has 0 atom stereocenters. The maximum atomic E-state index is 6.24. The number of methoxy groups -OCH3 is 1. The smallest absolute Gasteiger partial charge is 0.0651 e. The van der Waals surface area contributed by atoms with E-state index in [9.17, 15) is 0 Å². The van der Waals surface area contributed by atoms with Gasteiger partial charge in [-0.1, -0.05) is 17.5 Å². The Bertz CT molecular complexity index is 430. The number of hydrogen-bond donors (Lipinski definition) is 0. The highest BCUT2D eigenvalue weighted by Gasteiger charge is 2.20. The van der Waals surface area contributed by atoms with Gasteiger partial charge in [0.1, 0.15) is 0 Å². The Hall–Kier alpha value is -1.17. The number of anilines is 1. The summed E-state index contributed by atoms with van der Waals surface area (Å²) in [7, 11) is 1.77. The van der Waals surface area contributed by atoms with E-state index in [4.69, 9.17) is 22.8 Å². The molecule has 0 spiro atoms. The lowest BCUT2D eigenvalue weighted by Crippen LogP contribution is -2.36. The van der Waals surface area contributed by atoms with Crippen molar-refractivity contribution in [1.82, 2.24) is 0 Å². The standard InChI is InChI=1S/C14H16ClNO/c1-3-11-4-5-14(13(15)10-11)16-8-6-12(17-2)7-9-16/h1,4-5,10,12H,6-9H2,2H3. The van der Waals surface area contributed by atoms with Gasteiger partial charge in [0, 0.05) is 25.8 Å². The minimum Gasteiger partial charge on any atom is -0.381 e. The monoisotopic (exact) mass is 249 g/mol. The van der Waals surface area contributed by atoms with Crippen LogP contribution in [0.2, 0.25) is 5.02 Å². The fraction of sp³-hybridized carbons (Fsp3) is 0.429. The van der Waals surface area contributed by atoms with Gasteiger partial charge < -0.3 is 9.64 Å². The molecule has 0 bridgehead atoms. The Kier molecular flexibility index (Phi) is 3.93. The van der Waals surface area contributed by atoms with Crippen LogP contribution < -0.4 is 4.90 Å². The number of terminal acetylenes is 1. The number of ether oxygens (including phenoxy) is 1. The summed E-state index contributed by atoms with van der Waals surface area (Å²) in [6.45, 7) is 1.96. The van der Waals surface area contributed by atoms with E-state index in [-0.39, 0.29) is 0 Å². The van der Waals surface area contributed by atoms with E-state index in [1.807, 2.05) is 18.2 Å². The topological polar surface area (TPSA) is 12.5 Å². The van der Waals surface area contributed by atoms with Gasteiger partial charge in [-0.05, 0) is 31.0 Å². The minimum atomic E-state index is 0.384. The van der Waals surface area contributed by atoms with Crippen LogP contribution in [0.15, 0.2) is 18.2 Å². The number of piperidine rings is 1. The van der Waals surface area contributed by atoms with E-state index in [1.54, 1.807) is 7.11 Å². The van der Waals surface area contributed by atoms with Gasteiger partial charge in [0.05, 0.1) is 16.8 Å². The van der Waals surface area contributed by atoms with Crippen molar-refractivity contribution < 1.29 is 4.74 Å². The summed E-state index contributed by atoms with van der Waals surface area (Å²) in [5.74, 6) is 2.59. The van der Waals surface area contributed by atoms with Crippen molar-refractivity contribution in [3.8, 4) is 12.3 Å². The van der Waals surface area contributed by atoms with Crippen LogP contribution in [0.25, 0.3) is 0 Å². The summed E-state index contributed by atoms with van der Waals surface area (Å²) in [6, 6.07) is 5.79. The van der Waals surface area contributed by atoms with E-state index in [0.29, 0.717) is 6.10 Å². The zero-order valence-electron chi connectivity index (χ0n) is 9.95. The van der Waals surface area contributed by atoms with Crippen molar-refractivity contribution in [1.29, 1.82) is 0 Å². The third kappa shape index (κ3) is 2.74. The number of benzene rings is 1. The molecule has 2 nitrogen and oxygen atoms in total. The normalized spacial score (nSPS) is 16.9. The zero-order chi connectivity index (χ0) is 12.3. The first-order valence-corrected chi connectivity index (χ1v) is 6.16. The van der Waals surface area contributed by atoms with E-state index in [0.717, 1.165) is 42.2 Å². The molecule has 1 saturated heterocycles. The van der Waals surface area contributed by atoms with Crippen LogP contribution in [0.5, 0.6) is 0 Å². The Morgan fingerprint density at radius 2 is 2.12 bits per heavy atom. The zero-order valence-corrected chi connectivity index (χ0v) is 10.7. The molecule has 1 aliphatic heterocycles. The molecular formula is C14H16ClNO. The van der Waals surface area contributed by atoms with Gasteiger partial charge in [-0.15, -0.1) is 6.42 Å². The van der Waals surface area contributed by atoms with Crippen LogP contribution in [0.4, 0.5) is 5.69 Å². The molecule has 17 heavy (non-hydrogen) atoms. The number of halogens is 1. The second kappa shape index (κ2) is 5.44. The summed E-state index contributed by atoms with van der Waals surface area (Å²) in [6.07, 6.45) is 7.82. The molecular weight excluding hydrogens is 234 g/mol. The third-order valence-electron chi connectivity index (χ3n) is 3.23. The molecule has 0 aliphatic carbocycles. The number of rotatable bonds is 2. The molecule has 0 amide bonds. The van der Waals surface area contributed by atoms with Crippen molar-refractivity contribution in [2.45, 2.75) is 18.9 Å². The highest BCUT2D eigenvalue weighted by Crippen LogP contribution is 2.29. The number of hydrogen-bond acceptors (Lipinski definition) is 2. The van der Waals surface area contributed by atoms with Gasteiger partial charge in [-0.3, -0.25) is 0 Å². The molecule has 0 N–H and O–H groups in total. The number of nitrogens with zero attached hydrogens (tertiary/aromatic N) is 1. The molecule has 1 heterocycles. The Balaban J connectivity index is 2.11. The fourth-order valence-corrected chi connectivity index (χ4v) is 2.49. The quantitative estimate of drug-likeness (QED) is 0.748. The van der Waals surface area contributed by atoms with E-state index < -0.39 is 0 Å². The molecule has 90 valence electrons. The lowest BCUT2D eigenvalue weighted by atomic mass is 10.1. The molecule has 1 aromatic carbocycles. The summed E-state index contributed by atoms with van der Waals surface area (Å²) >= 11 is 6.24. The van der Waals surface area contributed by atoms with Gasteiger partial charge in [0.15, 0.2) is 0 Å². The molecule has 0 radical (unpaired) electrons. The maximum Gasteiger partial charge on any atom is 0.0651 e. The SMILES string of the molecule is C#Cc1ccc(N2CCC(OC)CC2)c(Cl)c1. The first kappa shape index (κ1) is 12.3. The minimum absolute atomic E-state index is 0.384. The predicted octanol–water partition coefficient (Wildman–Crippen LogP) is 2.94. The fourth-order valence-electron chi connectivity index (χ4n) is 2.19. The first-order chi connectivity index (χ1) is 8.24. The second-order valence-electron chi connectivity index (χ2n) is 4.23.